The lowest BCUT2D eigenvalue weighted by Crippen LogP contribution is -2.30. The summed E-state index contributed by atoms with van der Waals surface area (Å²) in [5.41, 5.74) is 2.10. The third kappa shape index (κ3) is 3.50. The topological polar surface area (TPSA) is 68.3 Å². The zero-order valence-corrected chi connectivity index (χ0v) is 13.9. The van der Waals surface area contributed by atoms with Gasteiger partial charge in [0.15, 0.2) is 11.7 Å². The smallest absolute Gasteiger partial charge is 0.220 e. The lowest BCUT2D eigenvalue weighted by molar-refractivity contribution is -0.122. The molecular weight excluding hydrogens is 316 g/mol. The van der Waals surface area contributed by atoms with E-state index in [0.717, 1.165) is 41.9 Å². The van der Waals surface area contributed by atoms with Gasteiger partial charge in [0.1, 0.15) is 5.76 Å². The first-order chi connectivity index (χ1) is 12.3. The van der Waals surface area contributed by atoms with Gasteiger partial charge < -0.3 is 14.2 Å². The van der Waals surface area contributed by atoms with Crippen LogP contribution in [0, 0.1) is 0 Å². The van der Waals surface area contributed by atoms with Gasteiger partial charge in [0.2, 0.25) is 5.91 Å². The molecular formula is C20H20N2O3. The highest BCUT2D eigenvalue weighted by atomic mass is 16.4. The Labute approximate surface area is 146 Å². The van der Waals surface area contributed by atoms with Gasteiger partial charge in [-0.25, -0.2) is 4.98 Å². The molecule has 0 bridgehead atoms. The number of carbonyl (C=O) groups is 1. The molecule has 0 radical (unpaired) electrons. The Morgan fingerprint density at radius 1 is 1.24 bits per heavy atom. The second kappa shape index (κ2) is 6.97. The van der Waals surface area contributed by atoms with Crippen molar-refractivity contribution in [2.75, 3.05) is 0 Å². The van der Waals surface area contributed by atoms with Crippen molar-refractivity contribution >= 4 is 5.91 Å². The highest BCUT2D eigenvalue weighted by Gasteiger charge is 2.24. The van der Waals surface area contributed by atoms with E-state index in [2.05, 4.69) is 10.3 Å². The Bertz CT molecular complexity index is 851. The minimum absolute atomic E-state index is 0.0125. The molecule has 0 spiro atoms. The molecule has 0 saturated heterocycles. The van der Waals surface area contributed by atoms with Crippen molar-refractivity contribution in [1.82, 2.24) is 10.3 Å². The van der Waals surface area contributed by atoms with Crippen LogP contribution in [0.1, 0.15) is 42.5 Å². The summed E-state index contributed by atoms with van der Waals surface area (Å²) in [5.74, 6) is 2.32. The summed E-state index contributed by atoms with van der Waals surface area (Å²) in [4.78, 5) is 16.6. The predicted molar refractivity (Wildman–Crippen MR) is 92.8 cm³/mol. The molecule has 1 N–H and O–H groups in total. The fraction of sp³-hybridized carbons (Fsp3) is 0.300. The number of aromatic nitrogens is 1. The number of hydrogen-bond donors (Lipinski definition) is 1. The van der Waals surface area contributed by atoms with E-state index in [9.17, 15) is 4.79 Å². The summed E-state index contributed by atoms with van der Waals surface area (Å²) in [6.07, 6.45) is 7.20. The summed E-state index contributed by atoms with van der Waals surface area (Å²) in [6.45, 7) is 0. The van der Waals surface area contributed by atoms with Crippen molar-refractivity contribution in [3.63, 3.8) is 0 Å². The minimum Gasteiger partial charge on any atom is -0.469 e. The van der Waals surface area contributed by atoms with Crippen molar-refractivity contribution in [1.29, 1.82) is 0 Å². The first-order valence-electron chi connectivity index (χ1n) is 8.65. The molecule has 0 aliphatic heterocycles. The summed E-state index contributed by atoms with van der Waals surface area (Å²) in [7, 11) is 0. The van der Waals surface area contributed by atoms with E-state index in [1.807, 2.05) is 36.4 Å². The van der Waals surface area contributed by atoms with Crippen molar-refractivity contribution in [3.05, 3.63) is 66.1 Å². The van der Waals surface area contributed by atoms with Crippen LogP contribution >= 0.6 is 0 Å². The average molecular weight is 336 g/mol. The second-order valence-electron chi connectivity index (χ2n) is 6.30. The molecule has 1 unspecified atom stereocenters. The van der Waals surface area contributed by atoms with Crippen molar-refractivity contribution in [2.45, 2.75) is 38.1 Å². The van der Waals surface area contributed by atoms with Gasteiger partial charge >= 0.3 is 0 Å². The van der Waals surface area contributed by atoms with Gasteiger partial charge in [0.25, 0.3) is 0 Å². The van der Waals surface area contributed by atoms with E-state index >= 15 is 0 Å². The monoisotopic (exact) mass is 336 g/mol. The predicted octanol–water partition coefficient (Wildman–Crippen LogP) is 4.06. The number of rotatable bonds is 5. The lowest BCUT2D eigenvalue weighted by atomic mass is 9.93. The Hall–Kier alpha value is -2.82. The van der Waals surface area contributed by atoms with Gasteiger partial charge in [-0.2, -0.15) is 0 Å². The first kappa shape index (κ1) is 15.7. The van der Waals surface area contributed by atoms with Gasteiger partial charge in [-0.3, -0.25) is 4.79 Å². The second-order valence-corrected chi connectivity index (χ2v) is 6.30. The lowest BCUT2D eigenvalue weighted by Gasteiger charge is -2.22. The Morgan fingerprint density at radius 3 is 3.00 bits per heavy atom. The zero-order valence-electron chi connectivity index (χ0n) is 13.9. The number of fused-ring (bicyclic) bond motifs is 1. The Balaban J connectivity index is 1.33. The van der Waals surface area contributed by atoms with E-state index < -0.39 is 0 Å². The molecule has 4 rings (SSSR count). The fourth-order valence-electron chi connectivity index (χ4n) is 3.29. The van der Waals surface area contributed by atoms with Gasteiger partial charge in [-0.1, -0.05) is 30.3 Å². The van der Waals surface area contributed by atoms with Gasteiger partial charge in [-0.15, -0.1) is 0 Å². The summed E-state index contributed by atoms with van der Waals surface area (Å²) >= 11 is 0. The molecule has 5 heteroatoms. The summed E-state index contributed by atoms with van der Waals surface area (Å²) < 4.78 is 11.2. The van der Waals surface area contributed by atoms with Gasteiger partial charge in [-0.05, 0) is 18.9 Å². The molecule has 128 valence electrons. The SMILES string of the molecule is O=C(CCc1ncc(-c2ccccc2)o1)NC1CCCc2occc21. The Morgan fingerprint density at radius 2 is 2.12 bits per heavy atom. The Kier molecular flexibility index (Phi) is 4.37. The van der Waals surface area contributed by atoms with Crippen LogP contribution in [0.25, 0.3) is 11.3 Å². The number of nitrogens with zero attached hydrogens (tertiary/aromatic N) is 1. The number of carbonyl (C=O) groups excluding carboxylic acids is 1. The molecule has 1 aliphatic carbocycles. The molecule has 25 heavy (non-hydrogen) atoms. The quantitative estimate of drug-likeness (QED) is 0.763. The van der Waals surface area contributed by atoms with E-state index in [4.69, 9.17) is 8.83 Å². The van der Waals surface area contributed by atoms with E-state index in [1.165, 1.54) is 0 Å². The van der Waals surface area contributed by atoms with Crippen LogP contribution < -0.4 is 5.32 Å². The molecule has 2 aromatic heterocycles. The number of oxazole rings is 1. The van der Waals surface area contributed by atoms with Crippen LogP contribution in [0.5, 0.6) is 0 Å². The highest BCUT2D eigenvalue weighted by Crippen LogP contribution is 2.30. The fourth-order valence-corrected chi connectivity index (χ4v) is 3.29. The normalized spacial score (nSPS) is 16.4. The number of amides is 1. The van der Waals surface area contributed by atoms with Crippen molar-refractivity contribution in [2.24, 2.45) is 0 Å². The van der Waals surface area contributed by atoms with Crippen LogP contribution in [0.3, 0.4) is 0 Å². The molecule has 1 amide bonds. The maximum Gasteiger partial charge on any atom is 0.220 e. The zero-order chi connectivity index (χ0) is 17.1. The molecule has 1 atom stereocenters. The number of aryl methyl sites for hydroxylation is 2. The molecule has 2 heterocycles. The van der Waals surface area contributed by atoms with Gasteiger partial charge in [0.05, 0.1) is 18.5 Å². The first-order valence-corrected chi connectivity index (χ1v) is 8.65. The van der Waals surface area contributed by atoms with Crippen LogP contribution in [0.2, 0.25) is 0 Å². The largest absolute Gasteiger partial charge is 0.469 e. The molecule has 3 aromatic rings. The van der Waals surface area contributed by atoms with Crippen molar-refractivity contribution < 1.29 is 13.6 Å². The third-order valence-electron chi connectivity index (χ3n) is 4.56. The third-order valence-corrected chi connectivity index (χ3v) is 4.56. The van der Waals surface area contributed by atoms with Crippen LogP contribution in [-0.2, 0) is 17.6 Å². The number of hydrogen-bond acceptors (Lipinski definition) is 4. The summed E-state index contributed by atoms with van der Waals surface area (Å²) in [5, 5.41) is 3.10. The molecule has 1 aliphatic rings. The average Bonchev–Trinajstić information content (AvgIpc) is 3.31. The van der Waals surface area contributed by atoms with Crippen molar-refractivity contribution in [3.8, 4) is 11.3 Å². The minimum atomic E-state index is 0.0125. The number of furan rings is 1. The number of nitrogens with one attached hydrogen (secondary N) is 1. The van der Waals surface area contributed by atoms with E-state index in [0.29, 0.717) is 18.7 Å². The molecule has 1 aromatic carbocycles. The molecule has 0 fully saturated rings. The van der Waals surface area contributed by atoms with Crippen LogP contribution in [0.15, 0.2) is 57.7 Å². The molecule has 0 saturated carbocycles. The maximum atomic E-state index is 12.3. The van der Waals surface area contributed by atoms with Gasteiger partial charge in [0, 0.05) is 30.4 Å². The van der Waals surface area contributed by atoms with E-state index in [1.54, 1.807) is 12.5 Å². The maximum absolute atomic E-state index is 12.3. The van der Waals surface area contributed by atoms with Crippen LogP contribution in [0.4, 0.5) is 0 Å². The summed E-state index contributed by atoms with van der Waals surface area (Å²) in [6, 6.07) is 11.8. The standard InChI is InChI=1S/C20H20N2O3/c23-19(22-16-7-4-8-17-15(16)11-12-24-17)9-10-20-21-13-18(25-20)14-5-2-1-3-6-14/h1-3,5-6,11-13,16H,4,7-10H2,(H,22,23). The highest BCUT2D eigenvalue weighted by molar-refractivity contribution is 5.76. The van der Waals surface area contributed by atoms with E-state index in [-0.39, 0.29) is 11.9 Å². The number of benzene rings is 1. The van der Waals surface area contributed by atoms with Crippen LogP contribution in [-0.4, -0.2) is 10.9 Å². The molecule has 5 nitrogen and oxygen atoms in total.